The van der Waals surface area contributed by atoms with Crippen molar-refractivity contribution < 1.29 is 18.0 Å². The Bertz CT molecular complexity index is 1220. The number of allylic oxidation sites excluding steroid dienone is 1. The van der Waals surface area contributed by atoms with Crippen molar-refractivity contribution in [2.24, 2.45) is 0 Å². The zero-order chi connectivity index (χ0) is 22.6. The maximum Gasteiger partial charge on any atom is 0.152 e. The van der Waals surface area contributed by atoms with Crippen LogP contribution in [0.5, 0.6) is 0 Å². The fourth-order valence-corrected chi connectivity index (χ4v) is 4.86. The van der Waals surface area contributed by atoms with Gasteiger partial charge in [-0.05, 0) is 68.5 Å². The number of nitrogens with one attached hydrogen (secondary N) is 1. The highest BCUT2D eigenvalue weighted by Crippen LogP contribution is 2.47. The average Bonchev–Trinajstić information content (AvgIpc) is 3.35. The number of aromatic nitrogens is 1. The van der Waals surface area contributed by atoms with E-state index in [-0.39, 0.29) is 29.5 Å². The molecule has 0 radical (unpaired) electrons. The van der Waals surface area contributed by atoms with Gasteiger partial charge in [-0.15, -0.1) is 0 Å². The van der Waals surface area contributed by atoms with E-state index in [0.29, 0.717) is 19.3 Å². The predicted octanol–water partition coefficient (Wildman–Crippen LogP) is 5.89. The van der Waals surface area contributed by atoms with Crippen LogP contribution >= 0.6 is 0 Å². The minimum absolute atomic E-state index is 0.0870. The Balaban J connectivity index is 1.68. The highest BCUT2D eigenvalue weighted by molar-refractivity contribution is 5.91. The van der Waals surface area contributed by atoms with E-state index in [4.69, 9.17) is 0 Å². The maximum absolute atomic E-state index is 15.4. The van der Waals surface area contributed by atoms with E-state index in [1.165, 1.54) is 31.2 Å². The minimum Gasteiger partial charge on any atom is -0.357 e. The van der Waals surface area contributed by atoms with Crippen molar-refractivity contribution in [2.45, 2.75) is 50.9 Å². The first-order chi connectivity index (χ1) is 15.3. The first-order valence-electron chi connectivity index (χ1n) is 11.0. The van der Waals surface area contributed by atoms with Crippen molar-refractivity contribution in [1.82, 2.24) is 9.88 Å². The summed E-state index contributed by atoms with van der Waals surface area (Å²) >= 11 is 0. The lowest BCUT2D eigenvalue weighted by Crippen LogP contribution is -2.46. The van der Waals surface area contributed by atoms with E-state index in [2.05, 4.69) is 4.98 Å². The van der Waals surface area contributed by atoms with Gasteiger partial charge in [0.15, 0.2) is 5.78 Å². The molecule has 32 heavy (non-hydrogen) atoms. The number of para-hydroxylation sites is 1. The van der Waals surface area contributed by atoms with Crippen LogP contribution in [0.4, 0.5) is 13.2 Å². The molecule has 0 amide bonds. The molecule has 0 bridgehead atoms. The zero-order valence-corrected chi connectivity index (χ0v) is 18.1. The molecule has 6 heteroatoms. The standard InChI is InChI=1S/C26H25F3N2O/c1-15-11-19-18-5-3-4-6-22(18)30-24(19)25(31(15)14-26(29)9-10-26)23-20(27)12-17(13-21(23)28)8-7-16(2)32/h3-8,12-13,15,25,30H,9-11,14H2,1-2H3/b8-7+/t15-,25?/m1/s1. The number of carbonyl (C=O) groups excluding carboxylic acids is 1. The fourth-order valence-electron chi connectivity index (χ4n) is 4.86. The Kier molecular flexibility index (Phi) is 5.01. The summed E-state index contributed by atoms with van der Waals surface area (Å²) in [5.41, 5.74) is 1.53. The molecule has 166 valence electrons. The summed E-state index contributed by atoms with van der Waals surface area (Å²) in [5.74, 6) is -1.61. The number of rotatable bonds is 5. The Morgan fingerprint density at radius 2 is 1.91 bits per heavy atom. The van der Waals surface area contributed by atoms with Gasteiger partial charge in [0.1, 0.15) is 17.3 Å². The molecule has 1 saturated carbocycles. The lowest BCUT2D eigenvalue weighted by molar-refractivity contribution is -0.112. The molecule has 3 aromatic rings. The quantitative estimate of drug-likeness (QED) is 0.505. The second kappa shape index (κ2) is 7.62. The van der Waals surface area contributed by atoms with Crippen LogP contribution in [0.3, 0.4) is 0 Å². The second-order valence-electron chi connectivity index (χ2n) is 9.18. The molecule has 3 nitrogen and oxygen atoms in total. The number of aromatic amines is 1. The summed E-state index contributed by atoms with van der Waals surface area (Å²) in [5, 5.41) is 1.03. The molecule has 0 spiro atoms. The molecule has 5 rings (SSSR count). The highest BCUT2D eigenvalue weighted by Gasteiger charge is 2.49. The number of hydrogen-bond donors (Lipinski definition) is 1. The first-order valence-corrected chi connectivity index (χ1v) is 11.0. The monoisotopic (exact) mass is 438 g/mol. The number of alkyl halides is 1. The lowest BCUT2D eigenvalue weighted by Gasteiger charge is -2.42. The number of H-pyrrole nitrogens is 1. The molecule has 2 aromatic carbocycles. The molecule has 2 aliphatic rings. The van der Waals surface area contributed by atoms with Crippen LogP contribution in [0, 0.1) is 11.6 Å². The lowest BCUT2D eigenvalue weighted by atomic mass is 9.87. The molecular weight excluding hydrogens is 413 g/mol. The molecule has 1 aliphatic carbocycles. The number of ketones is 1. The SMILES string of the molecule is CC(=O)/C=C/c1cc(F)c(C2c3[nH]c4ccccc4c3C[C@@H](C)N2CC2(F)CC2)c(F)c1. The fraction of sp³-hybridized carbons (Fsp3) is 0.346. The molecule has 0 saturated heterocycles. The van der Waals surface area contributed by atoms with E-state index in [1.54, 1.807) is 0 Å². The molecule has 1 unspecified atom stereocenters. The molecule has 1 N–H and O–H groups in total. The van der Waals surface area contributed by atoms with Crippen molar-refractivity contribution in [3.8, 4) is 0 Å². The van der Waals surface area contributed by atoms with Gasteiger partial charge in [-0.2, -0.15) is 0 Å². The minimum atomic E-state index is -1.30. The van der Waals surface area contributed by atoms with E-state index < -0.39 is 23.3 Å². The van der Waals surface area contributed by atoms with Crippen molar-refractivity contribution in [2.75, 3.05) is 6.54 Å². The van der Waals surface area contributed by atoms with E-state index in [1.807, 2.05) is 36.1 Å². The Morgan fingerprint density at radius 1 is 1.22 bits per heavy atom. The summed E-state index contributed by atoms with van der Waals surface area (Å²) in [4.78, 5) is 16.5. The van der Waals surface area contributed by atoms with E-state index >= 15 is 8.78 Å². The normalized spacial score (nSPS) is 22.4. The van der Waals surface area contributed by atoms with Gasteiger partial charge in [0.2, 0.25) is 0 Å². The molecular formula is C26H25F3N2O. The van der Waals surface area contributed by atoms with Gasteiger partial charge in [-0.25, -0.2) is 13.2 Å². The summed E-state index contributed by atoms with van der Waals surface area (Å²) in [6.07, 6.45) is 4.30. The summed E-state index contributed by atoms with van der Waals surface area (Å²) in [6.45, 7) is 3.50. The maximum atomic E-state index is 15.4. The van der Waals surface area contributed by atoms with Crippen molar-refractivity contribution in [3.63, 3.8) is 0 Å². The second-order valence-corrected chi connectivity index (χ2v) is 9.18. The van der Waals surface area contributed by atoms with Gasteiger partial charge in [-0.3, -0.25) is 9.69 Å². The number of halogens is 3. The third kappa shape index (κ3) is 3.66. The Hall–Kier alpha value is -2.86. The zero-order valence-electron chi connectivity index (χ0n) is 18.1. The third-order valence-electron chi connectivity index (χ3n) is 6.66. The summed E-state index contributed by atoms with van der Waals surface area (Å²) < 4.78 is 45.7. The highest BCUT2D eigenvalue weighted by atomic mass is 19.1. The number of nitrogens with zero attached hydrogens (tertiary/aromatic N) is 1. The smallest absolute Gasteiger partial charge is 0.152 e. The van der Waals surface area contributed by atoms with Gasteiger partial charge in [-0.1, -0.05) is 24.3 Å². The number of hydrogen-bond acceptors (Lipinski definition) is 2. The summed E-state index contributed by atoms with van der Waals surface area (Å²) in [7, 11) is 0. The van der Waals surface area contributed by atoms with Crippen LogP contribution in [0.1, 0.15) is 55.1 Å². The van der Waals surface area contributed by atoms with Gasteiger partial charge >= 0.3 is 0 Å². The van der Waals surface area contributed by atoms with Crippen LogP contribution in [0.25, 0.3) is 17.0 Å². The van der Waals surface area contributed by atoms with Gasteiger partial charge in [0, 0.05) is 34.7 Å². The largest absolute Gasteiger partial charge is 0.357 e. The van der Waals surface area contributed by atoms with Crippen molar-refractivity contribution in [1.29, 1.82) is 0 Å². The van der Waals surface area contributed by atoms with Gasteiger partial charge in [0.25, 0.3) is 0 Å². The third-order valence-corrected chi connectivity index (χ3v) is 6.66. The van der Waals surface area contributed by atoms with E-state index in [0.717, 1.165) is 22.2 Å². The van der Waals surface area contributed by atoms with Gasteiger partial charge < -0.3 is 4.98 Å². The molecule has 2 atom stereocenters. The topological polar surface area (TPSA) is 36.1 Å². The molecule has 1 aromatic heterocycles. The first kappa shape index (κ1) is 21.0. The van der Waals surface area contributed by atoms with Crippen molar-refractivity contribution in [3.05, 3.63) is 76.5 Å². The molecule has 1 aliphatic heterocycles. The summed E-state index contributed by atoms with van der Waals surface area (Å²) in [6, 6.07) is 9.43. The van der Waals surface area contributed by atoms with Crippen LogP contribution < -0.4 is 0 Å². The van der Waals surface area contributed by atoms with Crippen LogP contribution in [0.15, 0.2) is 42.5 Å². The van der Waals surface area contributed by atoms with E-state index in [9.17, 15) is 9.18 Å². The predicted molar refractivity (Wildman–Crippen MR) is 119 cm³/mol. The van der Waals surface area contributed by atoms with Gasteiger partial charge in [0.05, 0.1) is 6.04 Å². The van der Waals surface area contributed by atoms with Crippen LogP contribution in [-0.2, 0) is 11.2 Å². The van der Waals surface area contributed by atoms with Crippen molar-refractivity contribution >= 4 is 22.8 Å². The molecule has 2 heterocycles. The Labute approximate surface area is 184 Å². The molecule has 1 fully saturated rings. The number of carbonyl (C=O) groups is 1. The number of benzene rings is 2. The van der Waals surface area contributed by atoms with Crippen LogP contribution in [-0.4, -0.2) is 33.9 Å². The Morgan fingerprint density at radius 3 is 2.56 bits per heavy atom. The van der Waals surface area contributed by atoms with Crippen LogP contribution in [0.2, 0.25) is 0 Å². The average molecular weight is 438 g/mol. The number of fused-ring (bicyclic) bond motifs is 3.